The fraction of sp³-hybridized carbons (Fsp3) is 0.0800. The molecule has 0 aliphatic carbocycles. The van der Waals surface area contributed by atoms with Crippen LogP contribution in [0.2, 0.25) is 5.02 Å². The minimum Gasteiger partial charge on any atom is -0.273 e. The first-order valence-electron chi connectivity index (χ1n) is 9.99. The molecule has 0 spiro atoms. The van der Waals surface area contributed by atoms with Crippen molar-refractivity contribution in [2.75, 3.05) is 4.90 Å². The Morgan fingerprint density at radius 3 is 2.19 bits per heavy atom. The third-order valence-electron chi connectivity index (χ3n) is 4.96. The van der Waals surface area contributed by atoms with Crippen LogP contribution >= 0.6 is 23.4 Å². The van der Waals surface area contributed by atoms with E-state index in [0.29, 0.717) is 22.7 Å². The number of para-hydroxylation sites is 1. The van der Waals surface area contributed by atoms with Crippen LogP contribution in [-0.2, 0) is 16.0 Å². The number of hydrogen-bond acceptors (Lipinski definition) is 4. The summed E-state index contributed by atoms with van der Waals surface area (Å²) in [6.45, 7) is 1.94. The Balaban J connectivity index is 1.59. The number of nitrogens with one attached hydrogen (secondary N) is 1. The predicted octanol–water partition coefficient (Wildman–Crippen LogP) is 5.72. The van der Waals surface area contributed by atoms with Gasteiger partial charge < -0.3 is 0 Å². The summed E-state index contributed by atoms with van der Waals surface area (Å²) in [4.78, 5) is 41.1. The Hall–Kier alpha value is -3.35. The Morgan fingerprint density at radius 2 is 1.53 bits per heavy atom. The molecule has 1 N–H and O–H groups in total. The monoisotopic (exact) mass is 462 g/mol. The van der Waals surface area contributed by atoms with Gasteiger partial charge in [-0.05, 0) is 66.1 Å². The van der Waals surface area contributed by atoms with E-state index in [9.17, 15) is 14.4 Å². The maximum Gasteiger partial charge on any atom is 0.335 e. The van der Waals surface area contributed by atoms with Crippen molar-refractivity contribution in [1.29, 1.82) is 0 Å². The average Bonchev–Trinajstić information content (AvgIpc) is 2.79. The van der Waals surface area contributed by atoms with Gasteiger partial charge >= 0.3 is 6.03 Å². The van der Waals surface area contributed by atoms with Crippen molar-refractivity contribution in [1.82, 2.24) is 5.32 Å². The lowest BCUT2D eigenvalue weighted by Gasteiger charge is -2.27. The van der Waals surface area contributed by atoms with Gasteiger partial charge in [-0.15, -0.1) is 0 Å². The highest BCUT2D eigenvalue weighted by atomic mass is 35.5. The zero-order valence-electron chi connectivity index (χ0n) is 17.2. The highest BCUT2D eigenvalue weighted by Gasteiger charge is 2.37. The van der Waals surface area contributed by atoms with Gasteiger partial charge in [0, 0.05) is 14.8 Å². The number of aryl methyl sites for hydroxylation is 1. The number of hydrogen-bond donors (Lipinski definition) is 1. The number of anilines is 1. The number of carbonyl (C=O) groups excluding carboxylic acids is 3. The van der Waals surface area contributed by atoms with Crippen LogP contribution in [0.1, 0.15) is 18.1 Å². The molecule has 4 rings (SSSR count). The molecule has 160 valence electrons. The van der Waals surface area contributed by atoms with Crippen LogP contribution < -0.4 is 10.2 Å². The van der Waals surface area contributed by atoms with Gasteiger partial charge in [0.05, 0.1) is 5.69 Å². The van der Waals surface area contributed by atoms with E-state index >= 15 is 0 Å². The molecule has 1 aliphatic rings. The van der Waals surface area contributed by atoms with Crippen LogP contribution in [0.3, 0.4) is 0 Å². The van der Waals surface area contributed by atoms with Crippen LogP contribution in [0, 0.1) is 0 Å². The van der Waals surface area contributed by atoms with Crippen LogP contribution in [0.4, 0.5) is 10.5 Å². The quantitative estimate of drug-likeness (QED) is 0.389. The van der Waals surface area contributed by atoms with Crippen molar-refractivity contribution in [2.45, 2.75) is 23.1 Å². The number of amides is 4. The maximum atomic E-state index is 13.1. The number of barbiturate groups is 1. The molecule has 3 aromatic rings. The molecule has 1 fully saturated rings. The van der Waals surface area contributed by atoms with E-state index in [1.165, 1.54) is 6.08 Å². The fourth-order valence-corrected chi connectivity index (χ4v) is 4.28. The molecule has 0 radical (unpaired) electrons. The van der Waals surface area contributed by atoms with Crippen LogP contribution in [-0.4, -0.2) is 17.8 Å². The number of carbonyl (C=O) groups is 3. The maximum absolute atomic E-state index is 13.1. The van der Waals surface area contributed by atoms with Crippen molar-refractivity contribution >= 4 is 53.0 Å². The number of rotatable bonds is 5. The summed E-state index contributed by atoms with van der Waals surface area (Å²) < 4.78 is 0. The number of halogens is 1. The molecular formula is C25H19ClN2O3S. The second kappa shape index (κ2) is 9.42. The lowest BCUT2D eigenvalue weighted by molar-refractivity contribution is -0.122. The van der Waals surface area contributed by atoms with Gasteiger partial charge in [-0.25, -0.2) is 9.69 Å². The van der Waals surface area contributed by atoms with Gasteiger partial charge in [0.15, 0.2) is 0 Å². The Bertz CT molecular complexity index is 1220. The summed E-state index contributed by atoms with van der Waals surface area (Å²) in [6.07, 6.45) is 2.15. The third kappa shape index (κ3) is 4.61. The van der Waals surface area contributed by atoms with Gasteiger partial charge in [0.2, 0.25) is 0 Å². The molecule has 0 unspecified atom stereocenters. The topological polar surface area (TPSA) is 66.5 Å². The van der Waals surface area contributed by atoms with Crippen molar-refractivity contribution < 1.29 is 14.4 Å². The van der Waals surface area contributed by atoms with E-state index in [2.05, 4.69) is 5.32 Å². The number of urea groups is 1. The van der Waals surface area contributed by atoms with Crippen LogP contribution in [0.5, 0.6) is 0 Å². The molecule has 5 nitrogen and oxygen atoms in total. The standard InChI is InChI=1S/C25H19ClN2O3S/c1-2-17-5-3-4-6-22(17)28-24(30)21(23(29)27-25(28)31)15-16-7-11-19(12-8-16)32-20-13-9-18(26)10-14-20/h3-15H,2H2,1H3,(H,27,29,31)/b21-15+. The highest BCUT2D eigenvalue weighted by molar-refractivity contribution is 7.99. The summed E-state index contributed by atoms with van der Waals surface area (Å²) in [7, 11) is 0. The van der Waals surface area contributed by atoms with E-state index in [1.54, 1.807) is 23.9 Å². The molecule has 0 aromatic heterocycles. The Labute approximate surface area is 195 Å². The average molecular weight is 463 g/mol. The largest absolute Gasteiger partial charge is 0.335 e. The Morgan fingerprint density at radius 1 is 0.906 bits per heavy atom. The van der Waals surface area contributed by atoms with Gasteiger partial charge in [-0.1, -0.05) is 60.6 Å². The molecule has 4 amide bonds. The second-order valence-electron chi connectivity index (χ2n) is 7.07. The number of benzene rings is 3. The zero-order chi connectivity index (χ0) is 22.7. The van der Waals surface area contributed by atoms with Crippen LogP contribution in [0.15, 0.2) is 88.2 Å². The highest BCUT2D eigenvalue weighted by Crippen LogP contribution is 2.30. The summed E-state index contributed by atoms with van der Waals surface area (Å²) >= 11 is 7.50. The van der Waals surface area contributed by atoms with E-state index in [-0.39, 0.29) is 5.57 Å². The lowest BCUT2D eigenvalue weighted by atomic mass is 10.0. The smallest absolute Gasteiger partial charge is 0.273 e. The molecule has 0 saturated carbocycles. The summed E-state index contributed by atoms with van der Waals surface area (Å²) in [5.41, 5.74) is 1.91. The first kappa shape index (κ1) is 21.9. The predicted molar refractivity (Wildman–Crippen MR) is 127 cm³/mol. The van der Waals surface area contributed by atoms with Crippen molar-refractivity contribution in [3.63, 3.8) is 0 Å². The Kier molecular flexibility index (Phi) is 6.44. The first-order valence-corrected chi connectivity index (χ1v) is 11.2. The SMILES string of the molecule is CCc1ccccc1N1C(=O)NC(=O)/C(=C\c2ccc(Sc3ccc(Cl)cc3)cc2)C1=O. The summed E-state index contributed by atoms with van der Waals surface area (Å²) in [5, 5.41) is 2.95. The molecule has 0 bridgehead atoms. The molecule has 32 heavy (non-hydrogen) atoms. The van der Waals surface area contributed by atoms with Gasteiger partial charge in [0.25, 0.3) is 11.8 Å². The van der Waals surface area contributed by atoms with Crippen molar-refractivity contribution in [3.8, 4) is 0 Å². The van der Waals surface area contributed by atoms with Gasteiger partial charge in [-0.2, -0.15) is 0 Å². The fourth-order valence-electron chi connectivity index (χ4n) is 3.34. The molecule has 1 saturated heterocycles. The number of imide groups is 2. The number of nitrogens with zero attached hydrogens (tertiary/aromatic N) is 1. The zero-order valence-corrected chi connectivity index (χ0v) is 18.7. The summed E-state index contributed by atoms with van der Waals surface area (Å²) in [5.74, 6) is -1.34. The molecule has 0 atom stereocenters. The van der Waals surface area contributed by atoms with Gasteiger partial charge in [-0.3, -0.25) is 14.9 Å². The van der Waals surface area contributed by atoms with Crippen molar-refractivity contribution in [2.24, 2.45) is 0 Å². The minimum absolute atomic E-state index is 0.0892. The third-order valence-corrected chi connectivity index (χ3v) is 6.22. The summed E-state index contributed by atoms with van der Waals surface area (Å²) in [6, 6.07) is 21.4. The first-order chi connectivity index (χ1) is 15.5. The molecule has 1 aliphatic heterocycles. The van der Waals surface area contributed by atoms with Gasteiger partial charge in [0.1, 0.15) is 5.57 Å². The normalized spacial score (nSPS) is 15.2. The van der Waals surface area contributed by atoms with Crippen molar-refractivity contribution in [3.05, 3.63) is 94.5 Å². The van der Waals surface area contributed by atoms with E-state index in [4.69, 9.17) is 11.6 Å². The molecular weight excluding hydrogens is 444 g/mol. The van der Waals surface area contributed by atoms with E-state index in [1.807, 2.05) is 67.6 Å². The minimum atomic E-state index is -0.743. The van der Waals surface area contributed by atoms with E-state index < -0.39 is 17.8 Å². The van der Waals surface area contributed by atoms with Crippen LogP contribution in [0.25, 0.3) is 6.08 Å². The molecule has 3 aromatic carbocycles. The lowest BCUT2D eigenvalue weighted by Crippen LogP contribution is -2.54. The molecule has 7 heteroatoms. The van der Waals surface area contributed by atoms with E-state index in [0.717, 1.165) is 20.3 Å². The molecule has 1 heterocycles. The second-order valence-corrected chi connectivity index (χ2v) is 8.65.